The van der Waals surface area contributed by atoms with E-state index in [2.05, 4.69) is 21.2 Å². The van der Waals surface area contributed by atoms with Crippen LogP contribution in [-0.4, -0.2) is 15.8 Å². The number of anilines is 1. The van der Waals surface area contributed by atoms with Crippen LogP contribution in [0.25, 0.3) is 0 Å². The predicted octanol–water partition coefficient (Wildman–Crippen LogP) is 3.52. The molecule has 112 valence electrons. The molecule has 2 rings (SSSR count). The number of carbonyl (C=O) groups is 1. The van der Waals surface area contributed by atoms with Crippen molar-refractivity contribution < 1.29 is 14.6 Å². The third-order valence-corrected chi connectivity index (χ3v) is 3.41. The van der Waals surface area contributed by atoms with Crippen LogP contribution in [0.5, 0.6) is 0 Å². The lowest BCUT2D eigenvalue weighted by Crippen LogP contribution is -2.14. The Morgan fingerprint density at radius 1 is 1.05 bits per heavy atom. The standard InChI is InChI=1S/C13H8BrN3O5/c14-10-7-8(16(19)20)5-6-11(10)15-13(18)9-3-1-2-4-12(9)17(21)22/h1-7H,(H,15,18). The highest BCUT2D eigenvalue weighted by molar-refractivity contribution is 9.10. The van der Waals surface area contributed by atoms with Crippen molar-refractivity contribution in [2.45, 2.75) is 0 Å². The van der Waals surface area contributed by atoms with E-state index < -0.39 is 15.8 Å². The second-order valence-electron chi connectivity index (χ2n) is 4.15. The van der Waals surface area contributed by atoms with E-state index in [4.69, 9.17) is 0 Å². The Balaban J connectivity index is 2.30. The van der Waals surface area contributed by atoms with Gasteiger partial charge in [0.15, 0.2) is 0 Å². The minimum absolute atomic E-state index is 0.0993. The van der Waals surface area contributed by atoms with Gasteiger partial charge in [-0.05, 0) is 28.1 Å². The molecular formula is C13H8BrN3O5. The lowest BCUT2D eigenvalue weighted by atomic mass is 10.1. The number of hydrogen-bond donors (Lipinski definition) is 1. The average molecular weight is 366 g/mol. The van der Waals surface area contributed by atoms with Gasteiger partial charge in [-0.2, -0.15) is 0 Å². The van der Waals surface area contributed by atoms with Gasteiger partial charge in [0.2, 0.25) is 0 Å². The molecule has 0 spiro atoms. The van der Waals surface area contributed by atoms with Gasteiger partial charge in [-0.15, -0.1) is 0 Å². The van der Waals surface area contributed by atoms with E-state index in [0.717, 1.165) is 0 Å². The molecule has 9 heteroatoms. The van der Waals surface area contributed by atoms with Crippen LogP contribution in [0.3, 0.4) is 0 Å². The number of nitrogens with zero attached hydrogens (tertiary/aromatic N) is 2. The van der Waals surface area contributed by atoms with E-state index in [1.165, 1.54) is 42.5 Å². The monoisotopic (exact) mass is 365 g/mol. The van der Waals surface area contributed by atoms with E-state index in [1.807, 2.05) is 0 Å². The summed E-state index contributed by atoms with van der Waals surface area (Å²) in [7, 11) is 0. The predicted molar refractivity (Wildman–Crippen MR) is 81.8 cm³/mol. The fourth-order valence-electron chi connectivity index (χ4n) is 1.73. The Morgan fingerprint density at radius 2 is 1.73 bits per heavy atom. The van der Waals surface area contributed by atoms with Crippen LogP contribution >= 0.6 is 15.9 Å². The number of carbonyl (C=O) groups excluding carboxylic acids is 1. The first-order chi connectivity index (χ1) is 10.4. The average Bonchev–Trinajstić information content (AvgIpc) is 2.48. The van der Waals surface area contributed by atoms with Gasteiger partial charge in [0.05, 0.1) is 15.5 Å². The molecule has 0 heterocycles. The van der Waals surface area contributed by atoms with E-state index in [-0.39, 0.29) is 22.6 Å². The topological polar surface area (TPSA) is 115 Å². The number of hydrogen-bond acceptors (Lipinski definition) is 5. The second kappa shape index (κ2) is 6.31. The summed E-state index contributed by atoms with van der Waals surface area (Å²) in [5.41, 5.74) is -0.292. The lowest BCUT2D eigenvalue weighted by Gasteiger charge is -2.07. The summed E-state index contributed by atoms with van der Waals surface area (Å²) in [6.07, 6.45) is 0. The fraction of sp³-hybridized carbons (Fsp3) is 0. The number of amides is 1. The Labute approximate surface area is 132 Å². The smallest absolute Gasteiger partial charge is 0.282 e. The van der Waals surface area contributed by atoms with Crippen LogP contribution in [0.2, 0.25) is 0 Å². The summed E-state index contributed by atoms with van der Waals surface area (Å²) in [6.45, 7) is 0. The molecule has 0 aromatic heterocycles. The SMILES string of the molecule is O=C(Nc1ccc([N+](=O)[O-])cc1Br)c1ccccc1[N+](=O)[O-]. The number of nitro benzene ring substituents is 2. The van der Waals surface area contributed by atoms with Gasteiger partial charge >= 0.3 is 0 Å². The maximum atomic E-state index is 12.1. The molecule has 22 heavy (non-hydrogen) atoms. The number of benzene rings is 2. The van der Waals surface area contributed by atoms with Gasteiger partial charge in [0.1, 0.15) is 5.56 Å². The Kier molecular flexibility index (Phi) is 4.47. The van der Waals surface area contributed by atoms with Crippen LogP contribution in [0, 0.1) is 20.2 Å². The molecule has 0 aliphatic heterocycles. The van der Waals surface area contributed by atoms with Gasteiger partial charge in [0, 0.05) is 22.7 Å². The van der Waals surface area contributed by atoms with Crippen LogP contribution in [0.15, 0.2) is 46.9 Å². The maximum Gasteiger partial charge on any atom is 0.282 e. The van der Waals surface area contributed by atoms with Crippen molar-refractivity contribution in [3.05, 3.63) is 72.7 Å². The van der Waals surface area contributed by atoms with Crippen molar-refractivity contribution >= 4 is 38.9 Å². The van der Waals surface area contributed by atoms with E-state index >= 15 is 0 Å². The number of para-hydroxylation sites is 1. The van der Waals surface area contributed by atoms with Crippen LogP contribution < -0.4 is 5.32 Å². The summed E-state index contributed by atoms with van der Waals surface area (Å²) in [6, 6.07) is 9.31. The molecule has 0 aliphatic rings. The molecular weight excluding hydrogens is 358 g/mol. The summed E-state index contributed by atoms with van der Waals surface area (Å²) in [5.74, 6) is -0.679. The van der Waals surface area contributed by atoms with Crippen molar-refractivity contribution in [3.8, 4) is 0 Å². The summed E-state index contributed by atoms with van der Waals surface area (Å²) >= 11 is 3.11. The second-order valence-corrected chi connectivity index (χ2v) is 5.00. The number of nitrogens with one attached hydrogen (secondary N) is 1. The maximum absolute atomic E-state index is 12.1. The molecule has 8 nitrogen and oxygen atoms in total. The van der Waals surface area contributed by atoms with Crippen molar-refractivity contribution in [1.29, 1.82) is 0 Å². The zero-order valence-electron chi connectivity index (χ0n) is 10.9. The van der Waals surface area contributed by atoms with Crippen molar-refractivity contribution in [3.63, 3.8) is 0 Å². The summed E-state index contributed by atoms with van der Waals surface area (Å²) in [4.78, 5) is 32.5. The normalized spacial score (nSPS) is 10.0. The molecule has 0 bridgehead atoms. The lowest BCUT2D eigenvalue weighted by molar-refractivity contribution is -0.385. The van der Waals surface area contributed by atoms with Gasteiger partial charge in [-0.25, -0.2) is 0 Å². The van der Waals surface area contributed by atoms with Crippen molar-refractivity contribution in [1.82, 2.24) is 0 Å². The van der Waals surface area contributed by atoms with Crippen LogP contribution in [-0.2, 0) is 0 Å². The Morgan fingerprint density at radius 3 is 2.32 bits per heavy atom. The van der Waals surface area contributed by atoms with Gasteiger partial charge in [-0.3, -0.25) is 25.0 Å². The van der Waals surface area contributed by atoms with Crippen LogP contribution in [0.4, 0.5) is 17.1 Å². The minimum Gasteiger partial charge on any atom is -0.321 e. The molecule has 0 saturated heterocycles. The Hall–Kier alpha value is -2.81. The number of nitro groups is 2. The van der Waals surface area contributed by atoms with E-state index in [9.17, 15) is 25.0 Å². The number of rotatable bonds is 4. The minimum atomic E-state index is -0.679. The molecule has 1 N–H and O–H groups in total. The summed E-state index contributed by atoms with van der Waals surface area (Å²) in [5, 5.41) is 24.0. The fourth-order valence-corrected chi connectivity index (χ4v) is 2.20. The van der Waals surface area contributed by atoms with E-state index in [0.29, 0.717) is 4.47 Å². The molecule has 0 aliphatic carbocycles. The van der Waals surface area contributed by atoms with E-state index in [1.54, 1.807) is 0 Å². The highest BCUT2D eigenvalue weighted by Gasteiger charge is 2.20. The first-order valence-electron chi connectivity index (χ1n) is 5.89. The molecule has 0 unspecified atom stereocenters. The Bertz CT molecular complexity index is 778. The largest absolute Gasteiger partial charge is 0.321 e. The quantitative estimate of drug-likeness (QED) is 0.657. The third-order valence-electron chi connectivity index (χ3n) is 2.76. The van der Waals surface area contributed by atoms with Crippen molar-refractivity contribution in [2.75, 3.05) is 5.32 Å². The first kappa shape index (κ1) is 15.6. The zero-order chi connectivity index (χ0) is 16.3. The number of halogens is 1. The summed E-state index contributed by atoms with van der Waals surface area (Å²) < 4.78 is 0.300. The molecule has 0 fully saturated rings. The first-order valence-corrected chi connectivity index (χ1v) is 6.68. The molecule has 0 atom stereocenters. The molecule has 0 radical (unpaired) electrons. The molecule has 0 saturated carbocycles. The third kappa shape index (κ3) is 3.26. The van der Waals surface area contributed by atoms with Gasteiger partial charge in [-0.1, -0.05) is 12.1 Å². The molecule has 1 amide bonds. The van der Waals surface area contributed by atoms with Gasteiger partial charge in [0.25, 0.3) is 17.3 Å². The highest BCUT2D eigenvalue weighted by Crippen LogP contribution is 2.28. The van der Waals surface area contributed by atoms with Gasteiger partial charge < -0.3 is 5.32 Å². The molecule has 2 aromatic carbocycles. The van der Waals surface area contributed by atoms with Crippen molar-refractivity contribution in [2.24, 2.45) is 0 Å². The zero-order valence-corrected chi connectivity index (χ0v) is 12.4. The number of non-ortho nitro benzene ring substituents is 1. The highest BCUT2D eigenvalue weighted by atomic mass is 79.9. The van der Waals surface area contributed by atoms with Crippen LogP contribution in [0.1, 0.15) is 10.4 Å². The molecule has 2 aromatic rings.